The van der Waals surface area contributed by atoms with Crippen LogP contribution < -0.4 is 5.73 Å². The van der Waals surface area contributed by atoms with Gasteiger partial charge in [0, 0.05) is 26.1 Å². The Bertz CT molecular complexity index is 186. The zero-order chi connectivity index (χ0) is 12.4. The highest BCUT2D eigenvalue weighted by atomic mass is 16.3. The minimum Gasteiger partial charge on any atom is -0.396 e. The lowest BCUT2D eigenvalue weighted by molar-refractivity contribution is -0.131. The second-order valence-electron chi connectivity index (χ2n) is 4.27. The number of aliphatic hydroxyl groups is 1. The predicted octanol–water partition coefficient (Wildman–Crippen LogP) is 0.982. The van der Waals surface area contributed by atoms with E-state index in [2.05, 4.69) is 6.92 Å². The zero-order valence-electron chi connectivity index (χ0n) is 10.6. The largest absolute Gasteiger partial charge is 0.396 e. The van der Waals surface area contributed by atoms with E-state index in [1.165, 1.54) is 0 Å². The molecule has 16 heavy (non-hydrogen) atoms. The van der Waals surface area contributed by atoms with Crippen LogP contribution in [0.5, 0.6) is 0 Å². The number of rotatable bonds is 9. The highest BCUT2D eigenvalue weighted by molar-refractivity contribution is 5.76. The molecule has 0 aliphatic heterocycles. The van der Waals surface area contributed by atoms with Gasteiger partial charge in [-0.15, -0.1) is 0 Å². The van der Waals surface area contributed by atoms with Crippen molar-refractivity contribution in [3.63, 3.8) is 0 Å². The second kappa shape index (κ2) is 9.60. The molecule has 1 atom stereocenters. The van der Waals surface area contributed by atoms with Crippen LogP contribution in [0.4, 0.5) is 0 Å². The Balaban J connectivity index is 3.82. The second-order valence-corrected chi connectivity index (χ2v) is 4.27. The Morgan fingerprint density at radius 1 is 1.44 bits per heavy atom. The van der Waals surface area contributed by atoms with Gasteiger partial charge in [-0.05, 0) is 38.6 Å². The molecule has 4 nitrogen and oxygen atoms in total. The third kappa shape index (κ3) is 6.80. The first-order valence-electron chi connectivity index (χ1n) is 6.24. The standard InChI is InChI=1S/C12H26N2O2/c1-3-14(9-4-10-15)12(16)6-5-11(2)7-8-13/h11,15H,3-10,13H2,1-2H3. The maximum atomic E-state index is 11.8. The van der Waals surface area contributed by atoms with Crippen molar-refractivity contribution in [1.82, 2.24) is 4.90 Å². The number of hydrogen-bond donors (Lipinski definition) is 2. The summed E-state index contributed by atoms with van der Waals surface area (Å²) in [5, 5.41) is 8.73. The van der Waals surface area contributed by atoms with Crippen molar-refractivity contribution in [2.24, 2.45) is 11.7 Å². The molecule has 96 valence electrons. The number of carbonyl (C=O) groups is 1. The fourth-order valence-corrected chi connectivity index (χ4v) is 1.68. The smallest absolute Gasteiger partial charge is 0.222 e. The van der Waals surface area contributed by atoms with E-state index in [1.807, 2.05) is 11.8 Å². The summed E-state index contributed by atoms with van der Waals surface area (Å²) in [7, 11) is 0. The van der Waals surface area contributed by atoms with Gasteiger partial charge in [-0.3, -0.25) is 4.79 Å². The van der Waals surface area contributed by atoms with Crippen molar-refractivity contribution in [1.29, 1.82) is 0 Å². The van der Waals surface area contributed by atoms with Gasteiger partial charge in [-0.2, -0.15) is 0 Å². The van der Waals surface area contributed by atoms with Crippen LogP contribution in [0, 0.1) is 5.92 Å². The Morgan fingerprint density at radius 2 is 2.12 bits per heavy atom. The van der Waals surface area contributed by atoms with Crippen LogP contribution in [0.3, 0.4) is 0 Å². The first kappa shape index (κ1) is 15.4. The van der Waals surface area contributed by atoms with Crippen molar-refractivity contribution in [3.8, 4) is 0 Å². The predicted molar refractivity (Wildman–Crippen MR) is 66.0 cm³/mol. The Labute approximate surface area is 98.8 Å². The van der Waals surface area contributed by atoms with Crippen LogP contribution in [0.25, 0.3) is 0 Å². The molecule has 0 heterocycles. The van der Waals surface area contributed by atoms with E-state index in [1.54, 1.807) is 0 Å². The highest BCUT2D eigenvalue weighted by Crippen LogP contribution is 2.10. The molecule has 0 saturated carbocycles. The van der Waals surface area contributed by atoms with Crippen LogP contribution in [-0.2, 0) is 4.79 Å². The molecule has 0 aromatic carbocycles. The van der Waals surface area contributed by atoms with Gasteiger partial charge in [0.2, 0.25) is 5.91 Å². The third-order valence-corrected chi connectivity index (χ3v) is 2.83. The quantitative estimate of drug-likeness (QED) is 0.620. The number of aliphatic hydroxyl groups excluding tert-OH is 1. The molecule has 0 bridgehead atoms. The maximum absolute atomic E-state index is 11.8. The number of nitrogens with two attached hydrogens (primary N) is 1. The SMILES string of the molecule is CCN(CCCO)C(=O)CCC(C)CCN. The molecule has 0 fully saturated rings. The summed E-state index contributed by atoms with van der Waals surface area (Å²) in [6.45, 7) is 6.33. The normalized spacial score (nSPS) is 12.5. The average molecular weight is 230 g/mol. The molecule has 3 N–H and O–H groups in total. The average Bonchev–Trinajstić information content (AvgIpc) is 2.28. The molecule has 0 aromatic heterocycles. The van der Waals surface area contributed by atoms with Crippen molar-refractivity contribution in [2.75, 3.05) is 26.2 Å². The molecule has 0 aliphatic carbocycles. The molecule has 0 radical (unpaired) electrons. The monoisotopic (exact) mass is 230 g/mol. The number of amides is 1. The van der Waals surface area contributed by atoms with Crippen LogP contribution in [-0.4, -0.2) is 42.2 Å². The minimum absolute atomic E-state index is 0.146. The van der Waals surface area contributed by atoms with Crippen LogP contribution >= 0.6 is 0 Å². The molecule has 0 aliphatic rings. The summed E-state index contributed by atoms with van der Waals surface area (Å²) in [4.78, 5) is 13.6. The van der Waals surface area contributed by atoms with E-state index in [0.29, 0.717) is 31.8 Å². The summed E-state index contributed by atoms with van der Waals surface area (Å²) < 4.78 is 0. The zero-order valence-corrected chi connectivity index (χ0v) is 10.6. The molecule has 0 aromatic rings. The summed E-state index contributed by atoms with van der Waals surface area (Å²) in [6.07, 6.45) is 3.15. The summed E-state index contributed by atoms with van der Waals surface area (Å²) in [6, 6.07) is 0. The van der Waals surface area contributed by atoms with Crippen molar-refractivity contribution >= 4 is 5.91 Å². The van der Waals surface area contributed by atoms with E-state index in [-0.39, 0.29) is 12.5 Å². The lowest BCUT2D eigenvalue weighted by Crippen LogP contribution is -2.32. The molecule has 0 saturated heterocycles. The maximum Gasteiger partial charge on any atom is 0.222 e. The van der Waals surface area contributed by atoms with Crippen LogP contribution in [0.2, 0.25) is 0 Å². The number of nitrogens with zero attached hydrogens (tertiary/aromatic N) is 1. The van der Waals surface area contributed by atoms with E-state index < -0.39 is 0 Å². The van der Waals surface area contributed by atoms with Gasteiger partial charge in [-0.25, -0.2) is 0 Å². The van der Waals surface area contributed by atoms with Gasteiger partial charge < -0.3 is 15.7 Å². The van der Waals surface area contributed by atoms with E-state index in [4.69, 9.17) is 10.8 Å². The first-order valence-corrected chi connectivity index (χ1v) is 6.24. The number of hydrogen-bond acceptors (Lipinski definition) is 3. The molecule has 0 spiro atoms. The first-order chi connectivity index (χ1) is 7.65. The fourth-order valence-electron chi connectivity index (χ4n) is 1.68. The van der Waals surface area contributed by atoms with Crippen molar-refractivity contribution < 1.29 is 9.90 Å². The van der Waals surface area contributed by atoms with Gasteiger partial charge >= 0.3 is 0 Å². The van der Waals surface area contributed by atoms with Gasteiger partial charge in [0.25, 0.3) is 0 Å². The van der Waals surface area contributed by atoms with Gasteiger partial charge in [0.05, 0.1) is 0 Å². The van der Waals surface area contributed by atoms with Crippen molar-refractivity contribution in [3.05, 3.63) is 0 Å². The molecule has 1 amide bonds. The Kier molecular flexibility index (Phi) is 9.24. The van der Waals surface area contributed by atoms with Gasteiger partial charge in [-0.1, -0.05) is 6.92 Å². The fraction of sp³-hybridized carbons (Fsp3) is 0.917. The third-order valence-electron chi connectivity index (χ3n) is 2.83. The molecular formula is C12H26N2O2. The van der Waals surface area contributed by atoms with Crippen LogP contribution in [0.15, 0.2) is 0 Å². The summed E-state index contributed by atoms with van der Waals surface area (Å²) in [5.74, 6) is 0.713. The van der Waals surface area contributed by atoms with Crippen LogP contribution in [0.1, 0.15) is 39.5 Å². The molecule has 1 unspecified atom stereocenters. The van der Waals surface area contributed by atoms with E-state index in [9.17, 15) is 4.79 Å². The minimum atomic E-state index is 0.146. The summed E-state index contributed by atoms with van der Waals surface area (Å²) >= 11 is 0. The van der Waals surface area contributed by atoms with E-state index >= 15 is 0 Å². The van der Waals surface area contributed by atoms with E-state index in [0.717, 1.165) is 19.4 Å². The Morgan fingerprint density at radius 3 is 2.62 bits per heavy atom. The lowest BCUT2D eigenvalue weighted by atomic mass is 10.0. The summed E-state index contributed by atoms with van der Waals surface area (Å²) in [5.41, 5.74) is 5.46. The number of carbonyl (C=O) groups excluding carboxylic acids is 1. The lowest BCUT2D eigenvalue weighted by Gasteiger charge is -2.21. The molecule has 0 rings (SSSR count). The van der Waals surface area contributed by atoms with Gasteiger partial charge in [0.15, 0.2) is 0 Å². The molecular weight excluding hydrogens is 204 g/mol. The molecule has 4 heteroatoms. The highest BCUT2D eigenvalue weighted by Gasteiger charge is 2.12. The van der Waals surface area contributed by atoms with Crippen molar-refractivity contribution in [2.45, 2.75) is 39.5 Å². The van der Waals surface area contributed by atoms with Gasteiger partial charge in [0.1, 0.15) is 0 Å². The topological polar surface area (TPSA) is 66.6 Å². The Hall–Kier alpha value is -0.610.